The third-order valence-electron chi connectivity index (χ3n) is 4.40. The van der Waals surface area contributed by atoms with Crippen molar-refractivity contribution in [2.45, 2.75) is 24.7 Å². The number of hydrogen-bond acceptors (Lipinski definition) is 3. The van der Waals surface area contributed by atoms with E-state index in [0.717, 1.165) is 12.8 Å². The Hall–Kier alpha value is -2.34. The van der Waals surface area contributed by atoms with E-state index in [1.54, 1.807) is 42.5 Å². The van der Waals surface area contributed by atoms with Crippen LogP contribution in [0.4, 0.5) is 5.69 Å². The van der Waals surface area contributed by atoms with Gasteiger partial charge in [0.25, 0.3) is 15.9 Å². The number of likely N-dealkylation sites (tertiary alicyclic amines) is 1. The van der Waals surface area contributed by atoms with E-state index in [2.05, 4.69) is 11.6 Å². The monoisotopic (exact) mass is 358 g/mol. The Morgan fingerprint density at radius 3 is 2.48 bits per heavy atom. The van der Waals surface area contributed by atoms with Crippen LogP contribution in [-0.4, -0.2) is 32.3 Å². The molecule has 25 heavy (non-hydrogen) atoms. The van der Waals surface area contributed by atoms with Gasteiger partial charge >= 0.3 is 0 Å². The molecule has 132 valence electrons. The van der Waals surface area contributed by atoms with E-state index < -0.39 is 10.0 Å². The van der Waals surface area contributed by atoms with Crippen LogP contribution >= 0.6 is 0 Å². The Labute approximate surface area is 148 Å². The Kier molecular flexibility index (Phi) is 5.08. The molecule has 0 spiro atoms. The van der Waals surface area contributed by atoms with Gasteiger partial charge in [-0.15, -0.1) is 0 Å². The largest absolute Gasteiger partial charge is 0.338 e. The molecule has 1 N–H and O–H groups in total. The maximum atomic E-state index is 12.9. The summed E-state index contributed by atoms with van der Waals surface area (Å²) in [6, 6.07) is 14.9. The Morgan fingerprint density at radius 1 is 1.08 bits per heavy atom. The quantitative estimate of drug-likeness (QED) is 0.911. The smallest absolute Gasteiger partial charge is 0.261 e. The van der Waals surface area contributed by atoms with Crippen molar-refractivity contribution in [1.82, 2.24) is 4.90 Å². The molecule has 5 nitrogen and oxygen atoms in total. The van der Waals surface area contributed by atoms with Crippen molar-refractivity contribution < 1.29 is 13.2 Å². The minimum absolute atomic E-state index is 0.127. The molecule has 3 rings (SSSR count). The number of benzene rings is 2. The van der Waals surface area contributed by atoms with E-state index in [1.165, 1.54) is 12.1 Å². The predicted molar refractivity (Wildman–Crippen MR) is 98.0 cm³/mol. The van der Waals surface area contributed by atoms with Crippen molar-refractivity contribution in [2.75, 3.05) is 17.8 Å². The fraction of sp³-hybridized carbons (Fsp3) is 0.316. The average Bonchev–Trinajstić information content (AvgIpc) is 2.62. The number of carbonyl (C=O) groups is 1. The summed E-state index contributed by atoms with van der Waals surface area (Å²) < 4.78 is 27.7. The molecule has 1 aliphatic heterocycles. The lowest BCUT2D eigenvalue weighted by Crippen LogP contribution is -2.39. The number of anilines is 1. The van der Waals surface area contributed by atoms with Gasteiger partial charge in [-0.25, -0.2) is 8.42 Å². The maximum absolute atomic E-state index is 12.9. The average molecular weight is 358 g/mol. The van der Waals surface area contributed by atoms with Gasteiger partial charge in [-0.1, -0.05) is 37.3 Å². The van der Waals surface area contributed by atoms with Crippen LogP contribution < -0.4 is 4.72 Å². The number of nitrogens with one attached hydrogen (secondary N) is 1. The first-order valence-electron chi connectivity index (χ1n) is 8.43. The first kappa shape index (κ1) is 17.5. The molecule has 1 amide bonds. The summed E-state index contributed by atoms with van der Waals surface area (Å²) in [5.41, 5.74) is 0.700. The van der Waals surface area contributed by atoms with Gasteiger partial charge in [0.15, 0.2) is 0 Å². The van der Waals surface area contributed by atoms with Gasteiger partial charge in [0.1, 0.15) is 0 Å². The lowest BCUT2D eigenvalue weighted by atomic mass is 9.99. The molecular formula is C19H22N2O3S. The van der Waals surface area contributed by atoms with Crippen LogP contribution in [0, 0.1) is 5.92 Å². The van der Waals surface area contributed by atoms with Crippen LogP contribution in [0.1, 0.15) is 30.1 Å². The molecule has 0 saturated carbocycles. The van der Waals surface area contributed by atoms with Crippen molar-refractivity contribution >= 4 is 21.6 Å². The van der Waals surface area contributed by atoms with Gasteiger partial charge in [0.2, 0.25) is 0 Å². The van der Waals surface area contributed by atoms with E-state index in [1.807, 2.05) is 4.90 Å². The van der Waals surface area contributed by atoms with Crippen molar-refractivity contribution in [3.05, 3.63) is 60.2 Å². The predicted octanol–water partition coefficient (Wildman–Crippen LogP) is 3.36. The number of carbonyl (C=O) groups excluding carboxylic acids is 1. The van der Waals surface area contributed by atoms with E-state index in [-0.39, 0.29) is 10.8 Å². The first-order chi connectivity index (χ1) is 12.0. The SMILES string of the molecule is C[C@@H]1CCCN(C(=O)c2ccccc2NS(=O)(=O)c2ccccc2)C1. The summed E-state index contributed by atoms with van der Waals surface area (Å²) in [6.07, 6.45) is 2.09. The van der Waals surface area contributed by atoms with Gasteiger partial charge < -0.3 is 4.90 Å². The summed E-state index contributed by atoms with van der Waals surface area (Å²) in [5, 5.41) is 0. The van der Waals surface area contributed by atoms with Crippen LogP contribution in [0.25, 0.3) is 0 Å². The molecule has 1 saturated heterocycles. The Morgan fingerprint density at radius 2 is 1.76 bits per heavy atom. The Bertz CT molecular complexity index is 850. The zero-order chi connectivity index (χ0) is 17.9. The third kappa shape index (κ3) is 4.02. The zero-order valence-corrected chi connectivity index (χ0v) is 15.0. The fourth-order valence-electron chi connectivity index (χ4n) is 3.11. The van der Waals surface area contributed by atoms with Crippen LogP contribution in [0.15, 0.2) is 59.5 Å². The molecule has 1 heterocycles. The van der Waals surface area contributed by atoms with E-state index in [9.17, 15) is 13.2 Å². The van der Waals surface area contributed by atoms with Gasteiger partial charge in [0, 0.05) is 13.1 Å². The topological polar surface area (TPSA) is 66.5 Å². The van der Waals surface area contributed by atoms with Gasteiger partial charge in [-0.2, -0.15) is 0 Å². The number of nitrogens with zero attached hydrogens (tertiary/aromatic N) is 1. The standard InChI is InChI=1S/C19H22N2O3S/c1-15-8-7-13-21(14-15)19(22)17-11-5-6-12-18(17)20-25(23,24)16-9-3-2-4-10-16/h2-6,9-12,15,20H,7-8,13-14H2,1H3/t15-/m1/s1. The molecule has 1 aliphatic rings. The molecule has 1 fully saturated rings. The molecule has 2 aromatic rings. The van der Waals surface area contributed by atoms with Gasteiger partial charge in [0.05, 0.1) is 16.1 Å². The van der Waals surface area contributed by atoms with Crippen molar-refractivity contribution in [2.24, 2.45) is 5.92 Å². The minimum atomic E-state index is -3.73. The van der Waals surface area contributed by atoms with Gasteiger partial charge in [-0.3, -0.25) is 9.52 Å². The van der Waals surface area contributed by atoms with Crippen molar-refractivity contribution in [3.8, 4) is 0 Å². The zero-order valence-electron chi connectivity index (χ0n) is 14.2. The van der Waals surface area contributed by atoms with Crippen molar-refractivity contribution in [3.63, 3.8) is 0 Å². The van der Waals surface area contributed by atoms with Crippen LogP contribution in [-0.2, 0) is 10.0 Å². The van der Waals surface area contributed by atoms with Crippen LogP contribution in [0.5, 0.6) is 0 Å². The maximum Gasteiger partial charge on any atom is 0.261 e. The number of amides is 1. The lowest BCUT2D eigenvalue weighted by molar-refractivity contribution is 0.0684. The summed E-state index contributed by atoms with van der Waals surface area (Å²) in [7, 11) is -3.73. The second-order valence-electron chi connectivity index (χ2n) is 6.46. The number of sulfonamides is 1. The normalized spacial score (nSPS) is 18.0. The van der Waals surface area contributed by atoms with Crippen LogP contribution in [0.2, 0.25) is 0 Å². The summed E-state index contributed by atoms with van der Waals surface area (Å²) in [5.74, 6) is 0.337. The summed E-state index contributed by atoms with van der Waals surface area (Å²) in [4.78, 5) is 14.9. The van der Waals surface area contributed by atoms with E-state index >= 15 is 0 Å². The highest BCUT2D eigenvalue weighted by atomic mass is 32.2. The first-order valence-corrected chi connectivity index (χ1v) is 9.92. The molecule has 2 aromatic carbocycles. The molecule has 1 atom stereocenters. The Balaban J connectivity index is 1.87. The number of hydrogen-bond donors (Lipinski definition) is 1. The number of para-hydroxylation sites is 1. The second kappa shape index (κ2) is 7.27. The number of rotatable bonds is 4. The molecule has 0 bridgehead atoms. The second-order valence-corrected chi connectivity index (χ2v) is 8.15. The minimum Gasteiger partial charge on any atom is -0.338 e. The summed E-state index contributed by atoms with van der Waals surface area (Å²) in [6.45, 7) is 3.55. The molecule has 0 aromatic heterocycles. The van der Waals surface area contributed by atoms with E-state index in [0.29, 0.717) is 30.3 Å². The van der Waals surface area contributed by atoms with Crippen LogP contribution in [0.3, 0.4) is 0 Å². The van der Waals surface area contributed by atoms with E-state index in [4.69, 9.17) is 0 Å². The van der Waals surface area contributed by atoms with Crippen molar-refractivity contribution in [1.29, 1.82) is 0 Å². The molecule has 0 unspecified atom stereocenters. The fourth-order valence-corrected chi connectivity index (χ4v) is 4.21. The highest BCUT2D eigenvalue weighted by Crippen LogP contribution is 2.24. The highest BCUT2D eigenvalue weighted by molar-refractivity contribution is 7.92. The highest BCUT2D eigenvalue weighted by Gasteiger charge is 2.25. The molecular weight excluding hydrogens is 336 g/mol. The molecule has 0 radical (unpaired) electrons. The van der Waals surface area contributed by atoms with Gasteiger partial charge in [-0.05, 0) is 43.0 Å². The molecule has 6 heteroatoms. The summed E-state index contributed by atoms with van der Waals surface area (Å²) >= 11 is 0. The number of piperidine rings is 1. The molecule has 0 aliphatic carbocycles. The third-order valence-corrected chi connectivity index (χ3v) is 5.78. The lowest BCUT2D eigenvalue weighted by Gasteiger charge is -2.31.